The van der Waals surface area contributed by atoms with Crippen LogP contribution in [0, 0.1) is 5.82 Å². The molecule has 11 heteroatoms. The zero-order valence-electron chi connectivity index (χ0n) is 17.5. The number of furan rings is 1. The normalized spacial score (nSPS) is 15.8. The molecule has 2 aromatic rings. The van der Waals surface area contributed by atoms with Gasteiger partial charge in [-0.25, -0.2) is 12.8 Å². The number of nitrogens with zero attached hydrogens (tertiary/aromatic N) is 1. The molecule has 0 radical (unpaired) electrons. The Morgan fingerprint density at radius 3 is 2.41 bits per heavy atom. The number of halogens is 1. The lowest BCUT2D eigenvalue weighted by Crippen LogP contribution is -2.43. The molecule has 1 aliphatic heterocycles. The molecule has 32 heavy (non-hydrogen) atoms. The Hall–Kier alpha value is -2.76. The fourth-order valence-electron chi connectivity index (χ4n) is 3.30. The van der Waals surface area contributed by atoms with Crippen molar-refractivity contribution in [2.45, 2.75) is 16.6 Å². The van der Waals surface area contributed by atoms with Crippen LogP contribution < -0.4 is 10.6 Å². The molecule has 9 nitrogen and oxygen atoms in total. The van der Waals surface area contributed by atoms with Crippen LogP contribution in [0.25, 0.3) is 0 Å². The average molecular weight is 468 g/mol. The topological polar surface area (TPSA) is 118 Å². The molecule has 1 aliphatic rings. The van der Waals surface area contributed by atoms with Crippen molar-refractivity contribution < 1.29 is 31.6 Å². The number of amides is 2. The Labute approximate surface area is 185 Å². The average Bonchev–Trinajstić information content (AvgIpc) is 3.32. The molecule has 0 aliphatic carbocycles. The van der Waals surface area contributed by atoms with Crippen molar-refractivity contribution in [3.05, 3.63) is 54.2 Å². The monoisotopic (exact) mass is 467 g/mol. The van der Waals surface area contributed by atoms with Crippen LogP contribution in [0.4, 0.5) is 4.39 Å². The van der Waals surface area contributed by atoms with Crippen LogP contribution in [-0.4, -0.2) is 71.1 Å². The maximum absolute atomic E-state index is 13.2. The third kappa shape index (κ3) is 6.38. The first-order valence-electron chi connectivity index (χ1n) is 10.3. The van der Waals surface area contributed by atoms with E-state index in [0.29, 0.717) is 26.2 Å². The van der Waals surface area contributed by atoms with Crippen molar-refractivity contribution in [2.75, 3.05) is 45.9 Å². The Balaban J connectivity index is 1.54. The third-order valence-corrected chi connectivity index (χ3v) is 7.15. The highest BCUT2D eigenvalue weighted by Crippen LogP contribution is 2.29. The van der Waals surface area contributed by atoms with E-state index in [2.05, 4.69) is 15.5 Å². The van der Waals surface area contributed by atoms with E-state index in [1.54, 1.807) is 0 Å². The zero-order valence-corrected chi connectivity index (χ0v) is 18.3. The molecule has 1 fully saturated rings. The number of nitrogens with one attached hydrogen (secondary N) is 2. The van der Waals surface area contributed by atoms with Crippen LogP contribution >= 0.6 is 0 Å². The molecule has 1 saturated heterocycles. The van der Waals surface area contributed by atoms with Gasteiger partial charge in [0.2, 0.25) is 0 Å². The lowest BCUT2D eigenvalue weighted by molar-refractivity contribution is -0.139. The summed E-state index contributed by atoms with van der Waals surface area (Å²) in [7, 11) is -4.02. The van der Waals surface area contributed by atoms with Gasteiger partial charge in [0.25, 0.3) is 0 Å². The van der Waals surface area contributed by atoms with Crippen LogP contribution in [0.1, 0.15) is 17.4 Å². The maximum Gasteiger partial charge on any atom is 0.309 e. The first-order chi connectivity index (χ1) is 15.4. The number of rotatable bonds is 9. The van der Waals surface area contributed by atoms with E-state index >= 15 is 0 Å². The second-order valence-electron chi connectivity index (χ2n) is 7.28. The van der Waals surface area contributed by atoms with Gasteiger partial charge in [-0.2, -0.15) is 0 Å². The Kier molecular flexibility index (Phi) is 8.37. The zero-order chi connectivity index (χ0) is 23.0. The number of hydrogen-bond donors (Lipinski definition) is 2. The van der Waals surface area contributed by atoms with Crippen molar-refractivity contribution in [2.24, 2.45) is 0 Å². The van der Waals surface area contributed by atoms with Gasteiger partial charge in [-0.3, -0.25) is 14.5 Å². The molecule has 0 bridgehead atoms. The van der Waals surface area contributed by atoms with Gasteiger partial charge >= 0.3 is 11.8 Å². The van der Waals surface area contributed by atoms with E-state index in [-0.39, 0.29) is 17.2 Å². The number of morpholine rings is 1. The summed E-state index contributed by atoms with van der Waals surface area (Å²) in [5.74, 6) is -2.26. The standard InChI is InChI=1S/C21H26FN3O6S/c22-16-4-6-17(7-5-16)32(28,29)19(18-3-1-12-31-18)15-24-21(27)20(26)23-8-2-9-25-10-13-30-14-11-25/h1,3-7,12,19H,2,8-11,13-15H2,(H,23,26)(H,24,27). The number of carbonyl (C=O) groups excluding carboxylic acids is 2. The van der Waals surface area contributed by atoms with Crippen LogP contribution in [-0.2, 0) is 24.2 Å². The molecule has 2 N–H and O–H groups in total. The highest BCUT2D eigenvalue weighted by Gasteiger charge is 2.32. The SMILES string of the molecule is O=C(NCCCN1CCOCC1)C(=O)NCC(c1ccco1)S(=O)(=O)c1ccc(F)cc1. The molecular weight excluding hydrogens is 441 g/mol. The summed E-state index contributed by atoms with van der Waals surface area (Å²) in [6.45, 7) is 3.77. The summed E-state index contributed by atoms with van der Waals surface area (Å²) in [5.41, 5.74) is 0. The minimum atomic E-state index is -4.02. The number of sulfone groups is 1. The highest BCUT2D eigenvalue weighted by atomic mass is 32.2. The highest BCUT2D eigenvalue weighted by molar-refractivity contribution is 7.91. The van der Waals surface area contributed by atoms with Crippen molar-refractivity contribution in [3.63, 3.8) is 0 Å². The molecule has 1 atom stereocenters. The molecule has 174 valence electrons. The van der Waals surface area contributed by atoms with Crippen LogP contribution in [0.5, 0.6) is 0 Å². The first kappa shape index (κ1) is 23.9. The van der Waals surface area contributed by atoms with E-state index in [0.717, 1.165) is 43.9 Å². The Morgan fingerprint density at radius 2 is 1.75 bits per heavy atom. The fourth-order valence-corrected chi connectivity index (χ4v) is 4.89. The number of carbonyl (C=O) groups is 2. The molecule has 2 amide bonds. The fraction of sp³-hybridized carbons (Fsp3) is 0.429. The van der Waals surface area contributed by atoms with Crippen molar-refractivity contribution >= 4 is 21.7 Å². The van der Waals surface area contributed by atoms with Crippen LogP contribution in [0.2, 0.25) is 0 Å². The Bertz CT molecular complexity index is 989. The van der Waals surface area contributed by atoms with Gasteiger partial charge < -0.3 is 19.8 Å². The van der Waals surface area contributed by atoms with Gasteiger partial charge in [-0.1, -0.05) is 0 Å². The maximum atomic E-state index is 13.2. The number of hydrogen-bond acceptors (Lipinski definition) is 7. The van der Waals surface area contributed by atoms with Crippen LogP contribution in [0.3, 0.4) is 0 Å². The van der Waals surface area contributed by atoms with E-state index < -0.39 is 32.7 Å². The van der Waals surface area contributed by atoms with Crippen molar-refractivity contribution in [1.29, 1.82) is 0 Å². The van der Waals surface area contributed by atoms with Gasteiger partial charge in [-0.05, 0) is 49.4 Å². The molecule has 1 aromatic heterocycles. The summed E-state index contributed by atoms with van der Waals surface area (Å²) in [4.78, 5) is 26.4. The van der Waals surface area contributed by atoms with E-state index in [1.165, 1.54) is 18.4 Å². The first-order valence-corrected chi connectivity index (χ1v) is 11.8. The van der Waals surface area contributed by atoms with Crippen molar-refractivity contribution in [3.8, 4) is 0 Å². The number of benzene rings is 1. The summed E-state index contributed by atoms with van der Waals surface area (Å²) in [6, 6.07) is 7.34. The Morgan fingerprint density at radius 1 is 1.06 bits per heavy atom. The minimum absolute atomic E-state index is 0.0977. The van der Waals surface area contributed by atoms with Crippen LogP contribution in [0.15, 0.2) is 52.0 Å². The number of ether oxygens (including phenoxy) is 1. The molecule has 0 spiro atoms. The largest absolute Gasteiger partial charge is 0.468 e. The van der Waals surface area contributed by atoms with Gasteiger partial charge in [0, 0.05) is 26.2 Å². The molecule has 1 aromatic carbocycles. The predicted octanol–water partition coefficient (Wildman–Crippen LogP) is 0.888. The smallest absolute Gasteiger partial charge is 0.309 e. The summed E-state index contributed by atoms with van der Waals surface area (Å²) >= 11 is 0. The summed E-state index contributed by atoms with van der Waals surface area (Å²) < 4.78 is 49.8. The van der Waals surface area contributed by atoms with Gasteiger partial charge in [0.15, 0.2) is 9.84 Å². The summed E-state index contributed by atoms with van der Waals surface area (Å²) in [6.07, 6.45) is 1.98. The van der Waals surface area contributed by atoms with E-state index in [4.69, 9.17) is 9.15 Å². The van der Waals surface area contributed by atoms with Gasteiger partial charge in [0.05, 0.1) is 24.4 Å². The van der Waals surface area contributed by atoms with Gasteiger partial charge in [0.1, 0.15) is 16.8 Å². The molecule has 1 unspecified atom stereocenters. The molecule has 2 heterocycles. The summed E-state index contributed by atoms with van der Waals surface area (Å²) in [5, 5.41) is 3.61. The third-order valence-electron chi connectivity index (χ3n) is 5.07. The molecule has 3 rings (SSSR count). The molecular formula is C21H26FN3O6S. The second kappa shape index (κ2) is 11.2. The minimum Gasteiger partial charge on any atom is -0.468 e. The predicted molar refractivity (Wildman–Crippen MR) is 113 cm³/mol. The quantitative estimate of drug-likeness (QED) is 0.319. The van der Waals surface area contributed by atoms with Crippen molar-refractivity contribution in [1.82, 2.24) is 15.5 Å². The van der Waals surface area contributed by atoms with E-state index in [9.17, 15) is 22.4 Å². The molecule has 0 saturated carbocycles. The van der Waals surface area contributed by atoms with E-state index in [1.807, 2.05) is 0 Å². The second-order valence-corrected chi connectivity index (χ2v) is 9.41. The lowest BCUT2D eigenvalue weighted by Gasteiger charge is -2.26. The van der Waals surface area contributed by atoms with Gasteiger partial charge in [-0.15, -0.1) is 0 Å². The lowest BCUT2D eigenvalue weighted by atomic mass is 10.3.